The van der Waals surface area contributed by atoms with Gasteiger partial charge in [-0.25, -0.2) is 0 Å². The van der Waals surface area contributed by atoms with E-state index in [4.69, 9.17) is 23.2 Å². The highest BCUT2D eigenvalue weighted by molar-refractivity contribution is 6.53. The van der Waals surface area contributed by atoms with Crippen LogP contribution in [-0.4, -0.2) is 16.8 Å². The lowest BCUT2D eigenvalue weighted by Gasteiger charge is -2.10. The zero-order chi connectivity index (χ0) is 8.15. The Kier molecular flexibility index (Phi) is 4.83. The lowest BCUT2D eigenvalue weighted by Crippen LogP contribution is -2.35. The van der Waals surface area contributed by atoms with Crippen molar-refractivity contribution in [1.29, 1.82) is 0 Å². The van der Waals surface area contributed by atoms with Crippen molar-refractivity contribution in [3.05, 3.63) is 0 Å². The SMILES string of the molecule is CCC(C)NC(=O)C(Cl)Cl. The third-order valence-electron chi connectivity index (χ3n) is 1.20. The Morgan fingerprint density at radius 2 is 2.10 bits per heavy atom. The first-order chi connectivity index (χ1) is 4.57. The van der Waals surface area contributed by atoms with Crippen LogP contribution in [0.1, 0.15) is 20.3 Å². The largest absolute Gasteiger partial charge is 0.351 e. The van der Waals surface area contributed by atoms with E-state index in [9.17, 15) is 4.79 Å². The number of halogens is 2. The van der Waals surface area contributed by atoms with E-state index in [1.54, 1.807) is 0 Å². The molecule has 0 bridgehead atoms. The second kappa shape index (κ2) is 4.80. The van der Waals surface area contributed by atoms with E-state index >= 15 is 0 Å². The summed E-state index contributed by atoms with van der Waals surface area (Å²) in [6.45, 7) is 3.87. The van der Waals surface area contributed by atoms with Gasteiger partial charge in [0.25, 0.3) is 5.91 Å². The van der Waals surface area contributed by atoms with Crippen molar-refractivity contribution in [3.63, 3.8) is 0 Å². The molecular weight excluding hydrogens is 173 g/mol. The van der Waals surface area contributed by atoms with Gasteiger partial charge in [0.15, 0.2) is 4.84 Å². The summed E-state index contributed by atoms with van der Waals surface area (Å²) < 4.78 is 0. The maximum Gasteiger partial charge on any atom is 0.253 e. The summed E-state index contributed by atoms with van der Waals surface area (Å²) in [7, 11) is 0. The molecule has 0 aromatic carbocycles. The normalized spacial score (nSPS) is 13.3. The fourth-order valence-electron chi connectivity index (χ4n) is 0.408. The van der Waals surface area contributed by atoms with Gasteiger partial charge in [0, 0.05) is 6.04 Å². The minimum absolute atomic E-state index is 0.146. The van der Waals surface area contributed by atoms with E-state index in [-0.39, 0.29) is 11.9 Å². The minimum atomic E-state index is -0.950. The number of alkyl halides is 2. The van der Waals surface area contributed by atoms with Crippen molar-refractivity contribution < 1.29 is 4.79 Å². The van der Waals surface area contributed by atoms with Gasteiger partial charge < -0.3 is 5.32 Å². The molecule has 1 atom stereocenters. The van der Waals surface area contributed by atoms with Gasteiger partial charge >= 0.3 is 0 Å². The topological polar surface area (TPSA) is 29.1 Å². The van der Waals surface area contributed by atoms with E-state index in [0.717, 1.165) is 6.42 Å². The molecule has 0 saturated carbocycles. The average molecular weight is 184 g/mol. The molecule has 0 radical (unpaired) electrons. The Bertz CT molecular complexity index is 116. The highest BCUT2D eigenvalue weighted by Crippen LogP contribution is 2.01. The van der Waals surface area contributed by atoms with Gasteiger partial charge in [-0.1, -0.05) is 30.1 Å². The number of nitrogens with one attached hydrogen (secondary N) is 1. The molecule has 2 nitrogen and oxygen atoms in total. The Morgan fingerprint density at radius 1 is 1.60 bits per heavy atom. The number of carbonyl (C=O) groups is 1. The summed E-state index contributed by atoms with van der Waals surface area (Å²) in [5, 5.41) is 2.63. The first kappa shape index (κ1) is 10.0. The van der Waals surface area contributed by atoms with Crippen LogP contribution in [0.3, 0.4) is 0 Å². The van der Waals surface area contributed by atoms with Crippen LogP contribution in [0.4, 0.5) is 0 Å². The molecule has 0 rings (SSSR count). The molecule has 0 spiro atoms. The second-order valence-electron chi connectivity index (χ2n) is 2.12. The molecular formula is C6H11Cl2NO. The molecule has 10 heavy (non-hydrogen) atoms. The summed E-state index contributed by atoms with van der Waals surface area (Å²) in [6, 6.07) is 0.146. The Morgan fingerprint density at radius 3 is 2.40 bits per heavy atom. The smallest absolute Gasteiger partial charge is 0.253 e. The van der Waals surface area contributed by atoms with Crippen LogP contribution in [0.2, 0.25) is 0 Å². The maximum atomic E-state index is 10.7. The molecule has 0 aromatic heterocycles. The van der Waals surface area contributed by atoms with E-state index in [2.05, 4.69) is 5.32 Å². The summed E-state index contributed by atoms with van der Waals surface area (Å²) in [6.07, 6.45) is 0.881. The third-order valence-corrected chi connectivity index (χ3v) is 1.60. The van der Waals surface area contributed by atoms with Crippen LogP contribution in [0.15, 0.2) is 0 Å². The minimum Gasteiger partial charge on any atom is -0.351 e. The molecule has 0 aliphatic heterocycles. The number of amides is 1. The second-order valence-corrected chi connectivity index (χ2v) is 3.21. The molecule has 4 heteroatoms. The van der Waals surface area contributed by atoms with Crippen LogP contribution in [0.25, 0.3) is 0 Å². The van der Waals surface area contributed by atoms with Crippen molar-refractivity contribution in [3.8, 4) is 0 Å². The van der Waals surface area contributed by atoms with E-state index in [1.807, 2.05) is 13.8 Å². The van der Waals surface area contributed by atoms with Crippen molar-refractivity contribution in [2.24, 2.45) is 0 Å². The van der Waals surface area contributed by atoms with Gasteiger partial charge in [0.05, 0.1) is 0 Å². The number of carbonyl (C=O) groups excluding carboxylic acids is 1. The van der Waals surface area contributed by atoms with Crippen molar-refractivity contribution in [2.45, 2.75) is 31.1 Å². The molecule has 1 N–H and O–H groups in total. The Hall–Kier alpha value is 0.0500. The van der Waals surface area contributed by atoms with E-state index < -0.39 is 4.84 Å². The average Bonchev–Trinajstić information content (AvgIpc) is 1.87. The van der Waals surface area contributed by atoms with Crippen LogP contribution in [0.5, 0.6) is 0 Å². The predicted octanol–water partition coefficient (Wildman–Crippen LogP) is 1.70. The lowest BCUT2D eigenvalue weighted by molar-refractivity contribution is -0.120. The van der Waals surface area contributed by atoms with Gasteiger partial charge in [-0.3, -0.25) is 4.79 Å². The van der Waals surface area contributed by atoms with Crippen molar-refractivity contribution in [1.82, 2.24) is 5.32 Å². The third kappa shape index (κ3) is 3.96. The predicted molar refractivity (Wildman–Crippen MR) is 43.4 cm³/mol. The molecule has 1 amide bonds. The Balaban J connectivity index is 3.57. The molecule has 0 aliphatic rings. The van der Waals surface area contributed by atoms with Crippen LogP contribution < -0.4 is 5.32 Å². The molecule has 0 aliphatic carbocycles. The lowest BCUT2D eigenvalue weighted by atomic mass is 10.3. The number of hydrogen-bond donors (Lipinski definition) is 1. The quantitative estimate of drug-likeness (QED) is 0.664. The molecule has 0 aromatic rings. The summed E-state index contributed by atoms with van der Waals surface area (Å²) in [4.78, 5) is 9.79. The standard InChI is InChI=1S/C6H11Cl2NO/c1-3-4(2)9-6(10)5(7)8/h4-5H,3H2,1-2H3,(H,9,10). The Labute approximate surface area is 70.9 Å². The maximum absolute atomic E-state index is 10.7. The zero-order valence-corrected chi connectivity index (χ0v) is 7.54. The highest BCUT2D eigenvalue weighted by Gasteiger charge is 2.12. The fraction of sp³-hybridized carbons (Fsp3) is 0.833. The number of hydrogen-bond acceptors (Lipinski definition) is 1. The fourth-order valence-corrected chi connectivity index (χ4v) is 0.534. The van der Waals surface area contributed by atoms with Crippen molar-refractivity contribution in [2.75, 3.05) is 0 Å². The molecule has 1 unspecified atom stereocenters. The molecule has 0 saturated heterocycles. The van der Waals surface area contributed by atoms with Gasteiger partial charge in [-0.05, 0) is 13.3 Å². The van der Waals surface area contributed by atoms with Gasteiger partial charge in [-0.15, -0.1) is 0 Å². The summed E-state index contributed by atoms with van der Waals surface area (Å²) in [5.74, 6) is -0.322. The first-order valence-electron chi connectivity index (χ1n) is 3.16. The molecule has 60 valence electrons. The summed E-state index contributed by atoms with van der Waals surface area (Å²) in [5.41, 5.74) is 0. The van der Waals surface area contributed by atoms with E-state index in [1.165, 1.54) is 0 Å². The molecule has 0 fully saturated rings. The van der Waals surface area contributed by atoms with Crippen molar-refractivity contribution >= 4 is 29.1 Å². The molecule has 0 heterocycles. The van der Waals surface area contributed by atoms with E-state index in [0.29, 0.717) is 0 Å². The van der Waals surface area contributed by atoms with Crippen LogP contribution >= 0.6 is 23.2 Å². The first-order valence-corrected chi connectivity index (χ1v) is 4.03. The van der Waals surface area contributed by atoms with Gasteiger partial charge in [0.1, 0.15) is 0 Å². The van der Waals surface area contributed by atoms with Crippen LogP contribution in [0, 0.1) is 0 Å². The summed E-state index contributed by atoms with van der Waals surface area (Å²) >= 11 is 10.6. The van der Waals surface area contributed by atoms with Gasteiger partial charge in [0.2, 0.25) is 0 Å². The van der Waals surface area contributed by atoms with Gasteiger partial charge in [-0.2, -0.15) is 0 Å². The van der Waals surface area contributed by atoms with Crippen LogP contribution in [-0.2, 0) is 4.79 Å². The number of rotatable bonds is 3. The zero-order valence-electron chi connectivity index (χ0n) is 6.03. The highest BCUT2D eigenvalue weighted by atomic mass is 35.5. The monoisotopic (exact) mass is 183 g/mol.